The monoisotopic (exact) mass is 380 g/mol. The molecule has 2 heterocycles. The molecule has 1 aliphatic heterocycles. The highest BCUT2D eigenvalue weighted by molar-refractivity contribution is 5.85. The fraction of sp³-hybridized carbons (Fsp3) is 0.750. The molecule has 2 N–H and O–H groups in total. The molecule has 3 rings (SSSR count). The van der Waals surface area contributed by atoms with Gasteiger partial charge in [-0.15, -0.1) is 12.4 Å². The minimum absolute atomic E-state index is 0. The Morgan fingerprint density at radius 1 is 1.28 bits per heavy atom. The Bertz CT molecular complexity index is 584. The van der Waals surface area contributed by atoms with Crippen molar-refractivity contribution >= 4 is 18.3 Å². The Labute approximate surface area is 151 Å². The van der Waals surface area contributed by atoms with E-state index in [1.807, 2.05) is 13.2 Å². The van der Waals surface area contributed by atoms with Crippen molar-refractivity contribution in [1.82, 2.24) is 20.4 Å². The second kappa shape index (κ2) is 7.95. The molecule has 5 nitrogen and oxygen atoms in total. The highest BCUT2D eigenvalue weighted by Gasteiger charge is 2.42. The van der Waals surface area contributed by atoms with Gasteiger partial charge in [0, 0.05) is 38.3 Å². The van der Waals surface area contributed by atoms with Crippen LogP contribution in [0, 0.1) is 11.8 Å². The summed E-state index contributed by atoms with van der Waals surface area (Å²) in [6.07, 6.45) is 0.558. The lowest BCUT2D eigenvalue weighted by Gasteiger charge is -2.31. The number of aromatic nitrogens is 2. The van der Waals surface area contributed by atoms with Gasteiger partial charge in [0.2, 0.25) is 5.91 Å². The van der Waals surface area contributed by atoms with E-state index in [0.717, 1.165) is 5.56 Å². The molecule has 0 bridgehead atoms. The summed E-state index contributed by atoms with van der Waals surface area (Å²) < 4.78 is 39.9. The normalized spacial score (nSPS) is 29.9. The van der Waals surface area contributed by atoms with E-state index >= 15 is 0 Å². The van der Waals surface area contributed by atoms with Crippen molar-refractivity contribution in [2.45, 2.75) is 43.8 Å². The van der Waals surface area contributed by atoms with Crippen LogP contribution < -0.4 is 10.6 Å². The van der Waals surface area contributed by atoms with Crippen molar-refractivity contribution < 1.29 is 18.0 Å². The first-order valence-corrected chi connectivity index (χ1v) is 8.41. The van der Waals surface area contributed by atoms with Crippen molar-refractivity contribution in [3.8, 4) is 0 Å². The Balaban J connectivity index is 0.00000225. The molecule has 0 spiro atoms. The van der Waals surface area contributed by atoms with Crippen molar-refractivity contribution in [3.63, 3.8) is 0 Å². The topological polar surface area (TPSA) is 59.0 Å². The van der Waals surface area contributed by atoms with Gasteiger partial charge in [-0.25, -0.2) is 0 Å². The zero-order valence-corrected chi connectivity index (χ0v) is 14.9. The molecule has 1 amide bonds. The van der Waals surface area contributed by atoms with Crippen LogP contribution in [0.1, 0.15) is 37.2 Å². The Morgan fingerprint density at radius 3 is 2.52 bits per heavy atom. The van der Waals surface area contributed by atoms with E-state index in [1.54, 1.807) is 10.9 Å². The van der Waals surface area contributed by atoms with Gasteiger partial charge in [-0.05, 0) is 31.2 Å². The number of nitrogens with zero attached hydrogens (tertiary/aromatic N) is 2. The number of amides is 1. The highest BCUT2D eigenvalue weighted by atomic mass is 35.5. The van der Waals surface area contributed by atoms with E-state index in [-0.39, 0.29) is 49.0 Å². The third kappa shape index (κ3) is 4.67. The van der Waals surface area contributed by atoms with E-state index in [0.29, 0.717) is 25.9 Å². The number of carbonyl (C=O) groups is 1. The standard InChI is InChI=1S/C16H23F3N4O.ClH/c1-23-9-10(6-21-23)13-7-20-8-14(13)15(24)22-12-4-2-11(3-5-12)16(17,18)19;/h6,9,11-14,20H,2-5,7-8H2,1H3,(H,22,24);1H/t11?,12?,13-,14+;/m1./s1. The lowest BCUT2D eigenvalue weighted by molar-refractivity contribution is -0.182. The largest absolute Gasteiger partial charge is 0.391 e. The van der Waals surface area contributed by atoms with Gasteiger partial charge >= 0.3 is 6.18 Å². The maximum absolute atomic E-state index is 12.7. The summed E-state index contributed by atoms with van der Waals surface area (Å²) in [5.74, 6) is -1.42. The summed E-state index contributed by atoms with van der Waals surface area (Å²) in [6, 6.07) is -0.147. The number of rotatable bonds is 3. The Kier molecular flexibility index (Phi) is 6.37. The summed E-state index contributed by atoms with van der Waals surface area (Å²) >= 11 is 0. The molecule has 142 valence electrons. The van der Waals surface area contributed by atoms with Crippen LogP contribution >= 0.6 is 12.4 Å². The van der Waals surface area contributed by atoms with Crippen LogP contribution in [0.2, 0.25) is 0 Å². The molecule has 0 radical (unpaired) electrons. The van der Waals surface area contributed by atoms with Crippen molar-refractivity contribution in [2.75, 3.05) is 13.1 Å². The molecular formula is C16H24ClF3N4O. The average molecular weight is 381 g/mol. The van der Waals surface area contributed by atoms with Crippen LogP contribution in [0.25, 0.3) is 0 Å². The zero-order valence-electron chi connectivity index (χ0n) is 14.1. The Hall–Kier alpha value is -1.28. The molecule has 1 aliphatic carbocycles. The van der Waals surface area contributed by atoms with Crippen molar-refractivity contribution in [2.24, 2.45) is 18.9 Å². The second-order valence-corrected chi connectivity index (χ2v) is 6.92. The van der Waals surface area contributed by atoms with E-state index < -0.39 is 12.1 Å². The summed E-state index contributed by atoms with van der Waals surface area (Å²) in [7, 11) is 1.83. The van der Waals surface area contributed by atoms with E-state index in [2.05, 4.69) is 15.7 Å². The average Bonchev–Trinajstić information content (AvgIpc) is 3.15. The molecule has 1 saturated carbocycles. The summed E-state index contributed by atoms with van der Waals surface area (Å²) in [6.45, 7) is 1.30. The molecule has 0 aromatic carbocycles. The lowest BCUT2D eigenvalue weighted by Crippen LogP contribution is -2.43. The fourth-order valence-electron chi connectivity index (χ4n) is 3.81. The minimum Gasteiger partial charge on any atom is -0.353 e. The van der Waals surface area contributed by atoms with Crippen LogP contribution in [0.4, 0.5) is 13.2 Å². The molecule has 1 aromatic heterocycles. The first-order chi connectivity index (χ1) is 11.3. The number of carbonyl (C=O) groups excluding carboxylic acids is 1. The molecule has 2 fully saturated rings. The van der Waals surface area contributed by atoms with Crippen LogP contribution in [0.5, 0.6) is 0 Å². The minimum atomic E-state index is -4.12. The number of halogens is 4. The van der Waals surface area contributed by atoms with Crippen LogP contribution in [0.3, 0.4) is 0 Å². The molecule has 9 heteroatoms. The number of nitrogens with one attached hydrogen (secondary N) is 2. The third-order valence-corrected chi connectivity index (χ3v) is 5.24. The quantitative estimate of drug-likeness (QED) is 0.846. The summed E-state index contributed by atoms with van der Waals surface area (Å²) in [5.41, 5.74) is 1.02. The highest BCUT2D eigenvalue weighted by Crippen LogP contribution is 2.37. The molecule has 1 aromatic rings. The lowest BCUT2D eigenvalue weighted by atomic mass is 9.84. The first-order valence-electron chi connectivity index (χ1n) is 8.41. The van der Waals surface area contributed by atoms with Gasteiger partial charge in [0.25, 0.3) is 0 Å². The van der Waals surface area contributed by atoms with Gasteiger partial charge in [-0.2, -0.15) is 18.3 Å². The van der Waals surface area contributed by atoms with Crippen molar-refractivity contribution in [3.05, 3.63) is 18.0 Å². The fourth-order valence-corrected chi connectivity index (χ4v) is 3.81. The maximum Gasteiger partial charge on any atom is 0.391 e. The zero-order chi connectivity index (χ0) is 17.3. The predicted octanol–water partition coefficient (Wildman–Crippen LogP) is 2.38. The Morgan fingerprint density at radius 2 is 1.96 bits per heavy atom. The molecule has 0 unspecified atom stereocenters. The van der Waals surface area contributed by atoms with Crippen molar-refractivity contribution in [1.29, 1.82) is 0 Å². The number of alkyl halides is 3. The molecule has 2 aliphatic rings. The summed E-state index contributed by atoms with van der Waals surface area (Å²) in [4.78, 5) is 12.6. The van der Waals surface area contributed by atoms with E-state index in [9.17, 15) is 18.0 Å². The van der Waals surface area contributed by atoms with Gasteiger partial charge in [-0.1, -0.05) is 0 Å². The molecule has 2 atom stereocenters. The molecule has 25 heavy (non-hydrogen) atoms. The van der Waals surface area contributed by atoms with Gasteiger partial charge in [0.05, 0.1) is 18.0 Å². The number of aryl methyl sites for hydroxylation is 1. The number of hydrogen-bond donors (Lipinski definition) is 2. The van der Waals surface area contributed by atoms with Crippen LogP contribution in [-0.2, 0) is 11.8 Å². The van der Waals surface area contributed by atoms with Gasteiger partial charge in [0.1, 0.15) is 0 Å². The van der Waals surface area contributed by atoms with Gasteiger partial charge in [-0.3, -0.25) is 9.48 Å². The molecule has 1 saturated heterocycles. The summed E-state index contributed by atoms with van der Waals surface area (Å²) in [5, 5.41) is 10.3. The van der Waals surface area contributed by atoms with Gasteiger partial charge < -0.3 is 10.6 Å². The van der Waals surface area contributed by atoms with E-state index in [1.165, 1.54) is 0 Å². The molecular weight excluding hydrogens is 357 g/mol. The maximum atomic E-state index is 12.7. The third-order valence-electron chi connectivity index (χ3n) is 5.24. The van der Waals surface area contributed by atoms with E-state index in [4.69, 9.17) is 0 Å². The predicted molar refractivity (Wildman–Crippen MR) is 89.5 cm³/mol. The van der Waals surface area contributed by atoms with Gasteiger partial charge in [0.15, 0.2) is 0 Å². The SMILES string of the molecule is Cl.Cn1cc([C@H]2CNC[C@@H]2C(=O)NC2CCC(C(F)(F)F)CC2)cn1. The second-order valence-electron chi connectivity index (χ2n) is 6.92. The van der Waals surface area contributed by atoms with Crippen LogP contribution in [-0.4, -0.2) is 41.0 Å². The number of hydrogen-bond acceptors (Lipinski definition) is 3. The smallest absolute Gasteiger partial charge is 0.353 e. The first kappa shape index (κ1) is 20.0. The van der Waals surface area contributed by atoms with Crippen LogP contribution in [0.15, 0.2) is 12.4 Å².